The number of hydrogen-bond acceptors (Lipinski definition) is 5. The van der Waals surface area contributed by atoms with Crippen LogP contribution < -0.4 is 10.1 Å². The molecule has 0 saturated heterocycles. The second-order valence-corrected chi connectivity index (χ2v) is 5.84. The highest BCUT2D eigenvalue weighted by Gasteiger charge is 2.17. The summed E-state index contributed by atoms with van der Waals surface area (Å²) >= 11 is 6.05. The first-order valence-electron chi connectivity index (χ1n) is 7.60. The maximum Gasteiger partial charge on any atom is 0.265 e. The Bertz CT molecular complexity index is 883. The van der Waals surface area contributed by atoms with E-state index in [4.69, 9.17) is 16.3 Å². The minimum absolute atomic E-state index is 0.286. The maximum atomic E-state index is 12.4. The summed E-state index contributed by atoms with van der Waals surface area (Å²) in [5, 5.41) is 14.4. The number of amides is 1. The molecule has 0 aliphatic heterocycles. The van der Waals surface area contributed by atoms with E-state index in [1.54, 1.807) is 37.3 Å². The summed E-state index contributed by atoms with van der Waals surface area (Å²) in [6.45, 7) is 3.60. The molecule has 1 atom stereocenters. The molecule has 2 aromatic carbocycles. The van der Waals surface area contributed by atoms with Crippen LogP contribution in [0.4, 0.5) is 5.69 Å². The van der Waals surface area contributed by atoms with Gasteiger partial charge in [-0.3, -0.25) is 4.79 Å². The van der Waals surface area contributed by atoms with Gasteiger partial charge in [-0.05, 0) is 54.1 Å². The number of hydrogen-bond donors (Lipinski definition) is 1. The number of ether oxygens (including phenoxy) is 1. The lowest BCUT2D eigenvalue weighted by molar-refractivity contribution is -0.122. The molecule has 1 amide bonds. The number of aromatic nitrogens is 4. The average Bonchev–Trinajstić information content (AvgIpc) is 3.13. The molecule has 0 saturated carbocycles. The van der Waals surface area contributed by atoms with Gasteiger partial charge in [0.15, 0.2) is 6.10 Å². The third-order valence-electron chi connectivity index (χ3n) is 3.58. The van der Waals surface area contributed by atoms with Gasteiger partial charge in [0.1, 0.15) is 12.1 Å². The van der Waals surface area contributed by atoms with Crippen LogP contribution in [-0.4, -0.2) is 32.2 Å². The van der Waals surface area contributed by atoms with Crippen LogP contribution in [0.25, 0.3) is 5.69 Å². The minimum Gasteiger partial charge on any atom is -0.479 e. The molecular weight excluding hydrogens is 342 g/mol. The van der Waals surface area contributed by atoms with E-state index in [1.807, 2.05) is 19.1 Å². The zero-order valence-corrected chi connectivity index (χ0v) is 14.4. The fourth-order valence-corrected chi connectivity index (χ4v) is 2.41. The van der Waals surface area contributed by atoms with Crippen molar-refractivity contribution < 1.29 is 9.53 Å². The topological polar surface area (TPSA) is 81.9 Å². The summed E-state index contributed by atoms with van der Waals surface area (Å²) < 4.78 is 7.16. The molecule has 1 aromatic heterocycles. The standard InChI is InChI=1S/C17H16ClN5O2/c1-11-7-8-13(9-15(11)23-10-19-21-22-23)20-17(24)12(2)25-16-6-4-3-5-14(16)18/h3-10,12H,1-2H3,(H,20,24). The Morgan fingerprint density at radius 3 is 2.80 bits per heavy atom. The largest absolute Gasteiger partial charge is 0.479 e. The predicted molar refractivity (Wildman–Crippen MR) is 94.1 cm³/mol. The number of aryl methyl sites for hydroxylation is 1. The van der Waals surface area contributed by atoms with Crippen LogP contribution >= 0.6 is 11.6 Å². The Morgan fingerprint density at radius 1 is 1.28 bits per heavy atom. The van der Waals surface area contributed by atoms with Gasteiger partial charge >= 0.3 is 0 Å². The SMILES string of the molecule is Cc1ccc(NC(=O)C(C)Oc2ccccc2Cl)cc1-n1cnnn1. The Labute approximate surface area is 149 Å². The minimum atomic E-state index is -0.710. The van der Waals surface area contributed by atoms with E-state index in [1.165, 1.54) is 11.0 Å². The van der Waals surface area contributed by atoms with Crippen LogP contribution in [0.3, 0.4) is 0 Å². The highest BCUT2D eigenvalue weighted by atomic mass is 35.5. The van der Waals surface area contributed by atoms with Crippen molar-refractivity contribution in [3.05, 3.63) is 59.4 Å². The molecule has 128 valence electrons. The molecule has 0 aliphatic carbocycles. The van der Waals surface area contributed by atoms with Crippen molar-refractivity contribution in [2.45, 2.75) is 20.0 Å². The molecule has 1 heterocycles. The molecule has 0 bridgehead atoms. The van der Waals surface area contributed by atoms with Gasteiger partial charge in [0, 0.05) is 5.69 Å². The number of rotatable bonds is 5. The van der Waals surface area contributed by atoms with Crippen molar-refractivity contribution >= 4 is 23.2 Å². The summed E-state index contributed by atoms with van der Waals surface area (Å²) in [6.07, 6.45) is 0.787. The summed E-state index contributed by atoms with van der Waals surface area (Å²) in [7, 11) is 0. The Hall–Kier alpha value is -2.93. The van der Waals surface area contributed by atoms with Crippen LogP contribution in [0, 0.1) is 6.92 Å². The van der Waals surface area contributed by atoms with Crippen LogP contribution in [-0.2, 0) is 4.79 Å². The first-order chi connectivity index (χ1) is 12.0. The summed E-state index contributed by atoms with van der Waals surface area (Å²) in [4.78, 5) is 12.4. The van der Waals surface area contributed by atoms with Gasteiger partial charge in [0.25, 0.3) is 5.91 Å². The summed E-state index contributed by atoms with van der Waals surface area (Å²) in [6, 6.07) is 12.5. The first kappa shape index (κ1) is 16.9. The number of para-hydroxylation sites is 1. The van der Waals surface area contributed by atoms with Crippen LogP contribution in [0.1, 0.15) is 12.5 Å². The third kappa shape index (κ3) is 3.95. The van der Waals surface area contributed by atoms with Crippen molar-refractivity contribution in [1.82, 2.24) is 20.2 Å². The molecule has 25 heavy (non-hydrogen) atoms. The zero-order valence-electron chi connectivity index (χ0n) is 13.7. The zero-order chi connectivity index (χ0) is 17.8. The lowest BCUT2D eigenvalue weighted by Gasteiger charge is -2.16. The van der Waals surface area contributed by atoms with Crippen molar-refractivity contribution in [3.8, 4) is 11.4 Å². The molecule has 3 rings (SSSR count). The van der Waals surface area contributed by atoms with Crippen LogP contribution in [0.15, 0.2) is 48.8 Å². The van der Waals surface area contributed by atoms with Gasteiger partial charge in [-0.15, -0.1) is 5.10 Å². The van der Waals surface area contributed by atoms with E-state index in [9.17, 15) is 4.79 Å². The van der Waals surface area contributed by atoms with Crippen molar-refractivity contribution in [1.29, 1.82) is 0 Å². The number of carbonyl (C=O) groups is 1. The number of benzene rings is 2. The molecule has 7 nitrogen and oxygen atoms in total. The monoisotopic (exact) mass is 357 g/mol. The van der Waals surface area contributed by atoms with Gasteiger partial charge in [-0.2, -0.15) is 0 Å². The Kier molecular flexibility index (Phi) is 4.95. The van der Waals surface area contributed by atoms with Gasteiger partial charge in [0.05, 0.1) is 10.7 Å². The first-order valence-corrected chi connectivity index (χ1v) is 7.98. The average molecular weight is 358 g/mol. The number of tetrazole rings is 1. The molecule has 0 radical (unpaired) electrons. The van der Waals surface area contributed by atoms with Crippen LogP contribution in [0.5, 0.6) is 5.75 Å². The molecule has 0 spiro atoms. The summed E-state index contributed by atoms with van der Waals surface area (Å²) in [5.74, 6) is 0.177. The van der Waals surface area contributed by atoms with E-state index in [0.29, 0.717) is 16.5 Å². The predicted octanol–water partition coefficient (Wildman–Crippen LogP) is 3.03. The normalized spacial score (nSPS) is 11.8. The fourth-order valence-electron chi connectivity index (χ4n) is 2.23. The van der Waals surface area contributed by atoms with E-state index in [2.05, 4.69) is 20.8 Å². The van der Waals surface area contributed by atoms with Gasteiger partial charge in [-0.25, -0.2) is 4.68 Å². The van der Waals surface area contributed by atoms with E-state index < -0.39 is 6.10 Å². The van der Waals surface area contributed by atoms with Gasteiger partial charge in [0.2, 0.25) is 0 Å². The van der Waals surface area contributed by atoms with E-state index in [0.717, 1.165) is 11.3 Å². The molecule has 1 unspecified atom stereocenters. The third-order valence-corrected chi connectivity index (χ3v) is 3.89. The highest BCUT2D eigenvalue weighted by molar-refractivity contribution is 6.32. The van der Waals surface area contributed by atoms with Crippen molar-refractivity contribution in [2.75, 3.05) is 5.32 Å². The van der Waals surface area contributed by atoms with Gasteiger partial charge < -0.3 is 10.1 Å². The van der Waals surface area contributed by atoms with Gasteiger partial charge in [-0.1, -0.05) is 29.8 Å². The molecule has 3 aromatic rings. The second-order valence-electron chi connectivity index (χ2n) is 5.44. The summed E-state index contributed by atoms with van der Waals surface area (Å²) in [5.41, 5.74) is 2.38. The maximum absolute atomic E-state index is 12.4. The van der Waals surface area contributed by atoms with E-state index in [-0.39, 0.29) is 5.91 Å². The Balaban J connectivity index is 1.72. The number of carbonyl (C=O) groups excluding carboxylic acids is 1. The fraction of sp³-hybridized carbons (Fsp3) is 0.176. The highest BCUT2D eigenvalue weighted by Crippen LogP contribution is 2.24. The molecule has 0 fully saturated rings. The second kappa shape index (κ2) is 7.31. The molecular formula is C17H16ClN5O2. The molecule has 0 aliphatic rings. The Morgan fingerprint density at radius 2 is 2.08 bits per heavy atom. The smallest absolute Gasteiger partial charge is 0.265 e. The van der Waals surface area contributed by atoms with Crippen molar-refractivity contribution in [2.24, 2.45) is 0 Å². The number of halogens is 1. The lowest BCUT2D eigenvalue weighted by atomic mass is 10.1. The number of anilines is 1. The molecule has 1 N–H and O–H groups in total. The number of nitrogens with zero attached hydrogens (tertiary/aromatic N) is 4. The van der Waals surface area contributed by atoms with E-state index >= 15 is 0 Å². The lowest BCUT2D eigenvalue weighted by Crippen LogP contribution is -2.30. The number of nitrogens with one attached hydrogen (secondary N) is 1. The van der Waals surface area contributed by atoms with Crippen molar-refractivity contribution in [3.63, 3.8) is 0 Å². The van der Waals surface area contributed by atoms with Crippen LogP contribution in [0.2, 0.25) is 5.02 Å². The quantitative estimate of drug-likeness (QED) is 0.759. The molecule has 8 heteroatoms.